The molecule has 0 aliphatic carbocycles. The minimum absolute atomic E-state index is 0.0588. The van der Waals surface area contributed by atoms with Crippen LogP contribution in [-0.2, 0) is 11.3 Å². The largest absolute Gasteiger partial charge is 0.445 e. The van der Waals surface area contributed by atoms with Crippen LogP contribution in [0.25, 0.3) is 11.1 Å². The van der Waals surface area contributed by atoms with Crippen molar-refractivity contribution in [2.24, 2.45) is 5.73 Å². The van der Waals surface area contributed by atoms with Crippen LogP contribution in [0.5, 0.6) is 0 Å². The Morgan fingerprint density at radius 1 is 0.889 bits per heavy atom. The summed E-state index contributed by atoms with van der Waals surface area (Å²) in [6.45, 7) is 0.0588. The van der Waals surface area contributed by atoms with Gasteiger partial charge in [-0.2, -0.15) is 0 Å². The summed E-state index contributed by atoms with van der Waals surface area (Å²) in [5, 5.41) is 2.84. The van der Waals surface area contributed by atoms with E-state index in [4.69, 9.17) is 16.2 Å². The normalized spacial score (nSPS) is 10.2. The van der Waals surface area contributed by atoms with E-state index in [1.165, 1.54) is 0 Å². The van der Waals surface area contributed by atoms with Crippen LogP contribution in [0, 0.1) is 0 Å². The van der Waals surface area contributed by atoms with E-state index in [2.05, 4.69) is 5.32 Å². The van der Waals surface area contributed by atoms with Crippen LogP contribution in [0.3, 0.4) is 0 Å². The number of nitrogens with one attached hydrogen (secondary N) is 1. The third kappa shape index (κ3) is 4.64. The van der Waals surface area contributed by atoms with Crippen LogP contribution >= 0.6 is 0 Å². The lowest BCUT2D eigenvalue weighted by Crippen LogP contribution is -2.14. The summed E-state index contributed by atoms with van der Waals surface area (Å²) >= 11 is 0. The average Bonchev–Trinajstić information content (AvgIpc) is 2.69. The fraction of sp³-hybridized carbons (Fsp3) is 0.0476. The summed E-state index contributed by atoms with van der Waals surface area (Å²) < 4.78 is 4.72. The minimum atomic E-state index is -0.842. The zero-order valence-electron chi connectivity index (χ0n) is 14.5. The molecule has 136 valence electrons. The first-order chi connectivity index (χ1) is 13.0. The maximum Gasteiger partial charge on any atom is 0.404 e. The summed E-state index contributed by atoms with van der Waals surface area (Å²) in [6, 6.07) is 22.0. The van der Waals surface area contributed by atoms with Gasteiger partial charge in [-0.15, -0.1) is 0 Å². The Labute approximate surface area is 156 Å². The molecule has 3 rings (SSSR count). The van der Waals surface area contributed by atoms with Crippen LogP contribution in [0.2, 0.25) is 0 Å². The zero-order chi connectivity index (χ0) is 19.2. The smallest absolute Gasteiger partial charge is 0.404 e. The second-order valence-electron chi connectivity index (χ2n) is 5.93. The molecule has 27 heavy (non-hydrogen) atoms. The number of benzene rings is 3. The number of primary amides is 1. The van der Waals surface area contributed by atoms with Crippen LogP contribution in [0.15, 0.2) is 72.8 Å². The van der Waals surface area contributed by atoms with Crippen molar-refractivity contribution in [3.63, 3.8) is 0 Å². The first-order valence-electron chi connectivity index (χ1n) is 8.30. The third-order valence-corrected chi connectivity index (χ3v) is 4.01. The summed E-state index contributed by atoms with van der Waals surface area (Å²) in [7, 11) is 0. The lowest BCUT2D eigenvalue weighted by atomic mass is 10.0. The number of carbonyl (C=O) groups excluding carboxylic acids is 2. The van der Waals surface area contributed by atoms with E-state index in [0.29, 0.717) is 16.9 Å². The van der Waals surface area contributed by atoms with Crippen molar-refractivity contribution in [1.29, 1.82) is 0 Å². The van der Waals surface area contributed by atoms with Gasteiger partial charge in [-0.1, -0.05) is 48.5 Å². The van der Waals surface area contributed by atoms with Gasteiger partial charge in [0.1, 0.15) is 6.61 Å². The highest BCUT2D eigenvalue weighted by Gasteiger charge is 2.10. The average molecular weight is 361 g/mol. The molecule has 6 heteroatoms. The van der Waals surface area contributed by atoms with Crippen molar-refractivity contribution < 1.29 is 14.3 Å². The molecule has 6 nitrogen and oxygen atoms in total. The van der Waals surface area contributed by atoms with Gasteiger partial charge in [-0.05, 0) is 41.0 Å². The summed E-state index contributed by atoms with van der Waals surface area (Å²) in [5.41, 5.74) is 15.2. The van der Waals surface area contributed by atoms with E-state index in [0.717, 1.165) is 16.7 Å². The summed E-state index contributed by atoms with van der Waals surface area (Å²) in [4.78, 5) is 23.2. The molecule has 0 fully saturated rings. The number of carbonyl (C=O) groups is 2. The number of nitrogens with two attached hydrogens (primary N) is 2. The van der Waals surface area contributed by atoms with Crippen molar-refractivity contribution in [2.45, 2.75) is 6.61 Å². The molecule has 5 N–H and O–H groups in total. The fourth-order valence-electron chi connectivity index (χ4n) is 2.58. The Morgan fingerprint density at radius 3 is 2.26 bits per heavy atom. The number of hydrogen-bond acceptors (Lipinski definition) is 4. The lowest BCUT2D eigenvalue weighted by molar-refractivity contribution is 0.102. The molecule has 0 unspecified atom stereocenters. The predicted molar refractivity (Wildman–Crippen MR) is 105 cm³/mol. The minimum Gasteiger partial charge on any atom is -0.445 e. The highest BCUT2D eigenvalue weighted by atomic mass is 16.5. The van der Waals surface area contributed by atoms with E-state index in [1.807, 2.05) is 42.5 Å². The monoisotopic (exact) mass is 361 g/mol. The van der Waals surface area contributed by atoms with E-state index in [9.17, 15) is 9.59 Å². The van der Waals surface area contributed by atoms with Gasteiger partial charge in [0, 0.05) is 5.56 Å². The lowest BCUT2D eigenvalue weighted by Gasteiger charge is -2.11. The molecule has 2 amide bonds. The van der Waals surface area contributed by atoms with Crippen LogP contribution < -0.4 is 16.8 Å². The predicted octanol–water partition coefficient (Wildman–Crippen LogP) is 3.78. The van der Waals surface area contributed by atoms with Crippen molar-refractivity contribution in [1.82, 2.24) is 0 Å². The molecular formula is C21H19N3O3. The van der Waals surface area contributed by atoms with Gasteiger partial charge < -0.3 is 21.5 Å². The first kappa shape index (κ1) is 18.0. The molecule has 3 aromatic carbocycles. The van der Waals surface area contributed by atoms with Gasteiger partial charge in [0.05, 0.1) is 11.4 Å². The second-order valence-corrected chi connectivity index (χ2v) is 5.93. The molecule has 0 aromatic heterocycles. The number of nitrogen functional groups attached to an aromatic ring is 1. The highest BCUT2D eigenvalue weighted by Crippen LogP contribution is 2.27. The van der Waals surface area contributed by atoms with E-state index < -0.39 is 6.09 Å². The molecule has 0 saturated carbocycles. The standard InChI is InChI=1S/C21H19N3O3/c22-18-11-10-17(15-4-2-1-3-5-15)12-19(18)24-20(25)16-8-6-14(7-9-16)13-27-21(23)26/h1-12H,13,22H2,(H2,23,26)(H,24,25). The van der Waals surface area contributed by atoms with E-state index >= 15 is 0 Å². The Morgan fingerprint density at radius 2 is 1.59 bits per heavy atom. The number of hydrogen-bond donors (Lipinski definition) is 3. The zero-order valence-corrected chi connectivity index (χ0v) is 14.5. The maximum atomic E-state index is 12.5. The van der Waals surface area contributed by atoms with Gasteiger partial charge in [0.15, 0.2) is 0 Å². The van der Waals surface area contributed by atoms with Gasteiger partial charge in [0.2, 0.25) is 0 Å². The molecule has 0 atom stereocenters. The highest BCUT2D eigenvalue weighted by molar-refractivity contribution is 6.06. The molecule has 3 aromatic rings. The van der Waals surface area contributed by atoms with E-state index in [1.54, 1.807) is 30.3 Å². The maximum absolute atomic E-state index is 12.5. The van der Waals surface area contributed by atoms with Crippen LogP contribution in [0.1, 0.15) is 15.9 Å². The van der Waals surface area contributed by atoms with Gasteiger partial charge in [0.25, 0.3) is 5.91 Å². The van der Waals surface area contributed by atoms with Crippen LogP contribution in [-0.4, -0.2) is 12.0 Å². The SMILES string of the molecule is NC(=O)OCc1ccc(C(=O)Nc2cc(-c3ccccc3)ccc2N)cc1. The Kier molecular flexibility index (Phi) is 5.37. The molecule has 0 aliphatic rings. The second kappa shape index (κ2) is 8.05. The van der Waals surface area contributed by atoms with Gasteiger partial charge in [-0.3, -0.25) is 4.79 Å². The molecule has 0 radical (unpaired) electrons. The Bertz CT molecular complexity index is 954. The Balaban J connectivity index is 1.75. The molecule has 0 saturated heterocycles. The summed E-state index contributed by atoms with van der Waals surface area (Å²) in [6.07, 6.45) is -0.842. The van der Waals surface area contributed by atoms with Crippen LogP contribution in [0.4, 0.5) is 16.2 Å². The number of rotatable bonds is 5. The van der Waals surface area contributed by atoms with Crippen molar-refractivity contribution in [3.05, 3.63) is 83.9 Å². The number of anilines is 2. The molecule has 0 aliphatic heterocycles. The molecule has 0 spiro atoms. The van der Waals surface area contributed by atoms with Gasteiger partial charge >= 0.3 is 6.09 Å². The van der Waals surface area contributed by atoms with Crippen molar-refractivity contribution in [2.75, 3.05) is 11.1 Å². The topological polar surface area (TPSA) is 107 Å². The quantitative estimate of drug-likeness (QED) is 0.601. The fourth-order valence-corrected chi connectivity index (χ4v) is 2.58. The number of ether oxygens (including phenoxy) is 1. The molecule has 0 heterocycles. The van der Waals surface area contributed by atoms with Crippen molar-refractivity contribution >= 4 is 23.4 Å². The summed E-state index contributed by atoms with van der Waals surface area (Å²) in [5.74, 6) is -0.283. The van der Waals surface area contributed by atoms with Gasteiger partial charge in [-0.25, -0.2) is 4.79 Å². The molecule has 0 bridgehead atoms. The third-order valence-electron chi connectivity index (χ3n) is 4.01. The molecular weight excluding hydrogens is 342 g/mol. The van der Waals surface area contributed by atoms with E-state index in [-0.39, 0.29) is 12.5 Å². The van der Waals surface area contributed by atoms with Crippen molar-refractivity contribution in [3.8, 4) is 11.1 Å². The number of amides is 2. The Hall–Kier alpha value is -3.80. The first-order valence-corrected chi connectivity index (χ1v) is 8.30.